The molecule has 2 rings (SSSR count). The fourth-order valence-corrected chi connectivity index (χ4v) is 2.05. The number of rotatable bonds is 2. The Hall–Kier alpha value is -1.05. The lowest BCUT2D eigenvalue weighted by molar-refractivity contribution is -0.142. The molecule has 0 aromatic heterocycles. The predicted octanol–water partition coefficient (Wildman–Crippen LogP) is 0.493. The minimum atomic E-state index is -0.496. The molecule has 1 saturated heterocycles. The molecule has 106 valence electrons. The van der Waals surface area contributed by atoms with E-state index >= 15 is 0 Å². The number of esters is 1. The molecule has 0 aromatic rings. The summed E-state index contributed by atoms with van der Waals surface area (Å²) < 4.78 is 16.6. The second kappa shape index (κ2) is 4.50. The summed E-state index contributed by atoms with van der Waals surface area (Å²) in [7, 11) is 2.70. The van der Waals surface area contributed by atoms with E-state index in [0.29, 0.717) is 0 Å². The first kappa shape index (κ1) is 14.4. The number of carbonyl (C=O) groups is 1. The Morgan fingerprint density at radius 3 is 2.37 bits per heavy atom. The summed E-state index contributed by atoms with van der Waals surface area (Å²) in [5, 5.41) is 1.74. The van der Waals surface area contributed by atoms with E-state index in [-0.39, 0.29) is 5.97 Å². The summed E-state index contributed by atoms with van der Waals surface area (Å²) in [6.07, 6.45) is 1.77. The van der Waals surface area contributed by atoms with Crippen molar-refractivity contribution in [3.63, 3.8) is 0 Å². The lowest BCUT2D eigenvalue weighted by Gasteiger charge is -2.32. The van der Waals surface area contributed by atoms with Crippen molar-refractivity contribution >= 4 is 13.1 Å². The van der Waals surface area contributed by atoms with E-state index in [2.05, 4.69) is 5.43 Å². The third-order valence-corrected chi connectivity index (χ3v) is 4.01. The third-order valence-electron chi connectivity index (χ3n) is 4.01. The second-order valence-electron chi connectivity index (χ2n) is 5.87. The molecule has 1 N–H and O–H groups in total. The van der Waals surface area contributed by atoms with Crippen LogP contribution < -0.4 is 5.43 Å². The van der Waals surface area contributed by atoms with E-state index in [9.17, 15) is 4.79 Å². The first-order valence-corrected chi connectivity index (χ1v) is 6.33. The molecule has 1 atom stereocenters. The maximum absolute atomic E-state index is 11.5. The Morgan fingerprint density at radius 2 is 1.89 bits per heavy atom. The molecule has 19 heavy (non-hydrogen) atoms. The van der Waals surface area contributed by atoms with Gasteiger partial charge in [-0.15, -0.1) is 0 Å². The summed E-state index contributed by atoms with van der Waals surface area (Å²) >= 11 is 0. The predicted molar refractivity (Wildman–Crippen MR) is 70.9 cm³/mol. The van der Waals surface area contributed by atoms with E-state index in [1.165, 1.54) is 7.11 Å². The average Bonchev–Trinajstić information content (AvgIpc) is 2.77. The van der Waals surface area contributed by atoms with Gasteiger partial charge in [0.2, 0.25) is 0 Å². The molecule has 2 heterocycles. The molecule has 1 unspecified atom stereocenters. The van der Waals surface area contributed by atoms with Crippen LogP contribution >= 0.6 is 0 Å². The minimum Gasteiger partial charge on any atom is -0.468 e. The van der Waals surface area contributed by atoms with Crippen LogP contribution in [-0.4, -0.2) is 49.5 Å². The van der Waals surface area contributed by atoms with Crippen LogP contribution in [0.15, 0.2) is 11.7 Å². The van der Waals surface area contributed by atoms with Gasteiger partial charge in [-0.1, -0.05) is 0 Å². The largest absolute Gasteiger partial charge is 0.513 e. The van der Waals surface area contributed by atoms with Crippen LogP contribution in [0.2, 0.25) is 0 Å². The first-order valence-electron chi connectivity index (χ1n) is 6.33. The molecule has 2 aliphatic rings. The van der Waals surface area contributed by atoms with Crippen LogP contribution in [0.3, 0.4) is 0 Å². The number of nitrogens with zero attached hydrogens (tertiary/aromatic N) is 1. The van der Waals surface area contributed by atoms with E-state index in [4.69, 9.17) is 14.0 Å². The number of hydrazine groups is 1. The molecule has 0 aliphatic carbocycles. The molecule has 6 nitrogen and oxygen atoms in total. The smallest absolute Gasteiger partial charge is 0.468 e. The van der Waals surface area contributed by atoms with Gasteiger partial charge < -0.3 is 19.1 Å². The van der Waals surface area contributed by atoms with Crippen LogP contribution in [0.25, 0.3) is 0 Å². The van der Waals surface area contributed by atoms with Crippen LogP contribution in [0, 0.1) is 0 Å². The molecule has 0 radical (unpaired) electrons. The van der Waals surface area contributed by atoms with Gasteiger partial charge in [0.05, 0.1) is 23.9 Å². The molecular weight excluding hydrogens is 247 g/mol. The standard InChI is InChI=1S/C12H21BN2O4/c1-11(2)12(3,4)19-13(18-11)9-7-8(10(16)17-6)14-15(9)5/h7-8,14H,1-6H3. The highest BCUT2D eigenvalue weighted by Crippen LogP contribution is 2.39. The summed E-state index contributed by atoms with van der Waals surface area (Å²) in [6.45, 7) is 7.98. The number of hydrogen-bond donors (Lipinski definition) is 1. The van der Waals surface area contributed by atoms with E-state index in [1.807, 2.05) is 34.7 Å². The zero-order valence-electron chi connectivity index (χ0n) is 12.3. The summed E-state index contributed by atoms with van der Waals surface area (Å²) in [5.41, 5.74) is 2.98. The van der Waals surface area contributed by atoms with Crippen LogP contribution in [-0.2, 0) is 18.8 Å². The lowest BCUT2D eigenvalue weighted by Crippen LogP contribution is -2.41. The van der Waals surface area contributed by atoms with Crippen molar-refractivity contribution in [3.05, 3.63) is 11.7 Å². The van der Waals surface area contributed by atoms with Gasteiger partial charge in [-0.05, 0) is 33.8 Å². The fraction of sp³-hybridized carbons (Fsp3) is 0.750. The monoisotopic (exact) mass is 268 g/mol. The van der Waals surface area contributed by atoms with Crippen molar-refractivity contribution < 1.29 is 18.8 Å². The fourth-order valence-electron chi connectivity index (χ4n) is 2.05. The first-order chi connectivity index (χ1) is 8.68. The van der Waals surface area contributed by atoms with Crippen molar-refractivity contribution in [3.8, 4) is 0 Å². The van der Waals surface area contributed by atoms with Crippen molar-refractivity contribution in [1.29, 1.82) is 0 Å². The van der Waals surface area contributed by atoms with Gasteiger partial charge in [-0.2, -0.15) is 0 Å². The normalized spacial score (nSPS) is 28.5. The van der Waals surface area contributed by atoms with Crippen LogP contribution in [0.5, 0.6) is 0 Å². The van der Waals surface area contributed by atoms with Gasteiger partial charge in [0.1, 0.15) is 6.04 Å². The van der Waals surface area contributed by atoms with Gasteiger partial charge in [0.25, 0.3) is 0 Å². The molecule has 0 spiro atoms. The highest BCUT2D eigenvalue weighted by atomic mass is 16.7. The van der Waals surface area contributed by atoms with Crippen molar-refractivity contribution in [1.82, 2.24) is 10.4 Å². The highest BCUT2D eigenvalue weighted by molar-refractivity contribution is 6.54. The van der Waals surface area contributed by atoms with E-state index in [1.54, 1.807) is 11.1 Å². The van der Waals surface area contributed by atoms with E-state index < -0.39 is 24.4 Å². The van der Waals surface area contributed by atoms with Gasteiger partial charge >= 0.3 is 13.1 Å². The van der Waals surface area contributed by atoms with Gasteiger partial charge in [-0.3, -0.25) is 0 Å². The zero-order valence-corrected chi connectivity index (χ0v) is 12.3. The number of hydrogen-bond acceptors (Lipinski definition) is 6. The third kappa shape index (κ3) is 2.38. The number of methoxy groups -OCH3 is 1. The summed E-state index contributed by atoms with van der Waals surface area (Å²) in [6, 6.07) is -0.496. The molecule has 1 fully saturated rings. The summed E-state index contributed by atoms with van der Waals surface area (Å²) in [5.74, 6) is -0.335. The molecule has 7 heteroatoms. The average molecular weight is 268 g/mol. The topological polar surface area (TPSA) is 60.0 Å². The van der Waals surface area contributed by atoms with Crippen molar-refractivity contribution in [2.45, 2.75) is 44.9 Å². The number of carbonyl (C=O) groups excluding carboxylic acids is 1. The Labute approximate surface area is 114 Å². The Morgan fingerprint density at radius 1 is 1.37 bits per heavy atom. The maximum atomic E-state index is 11.5. The lowest BCUT2D eigenvalue weighted by atomic mass is 9.83. The van der Waals surface area contributed by atoms with Crippen LogP contribution in [0.1, 0.15) is 27.7 Å². The van der Waals surface area contributed by atoms with E-state index in [0.717, 1.165) is 5.60 Å². The van der Waals surface area contributed by atoms with Gasteiger partial charge in [0.15, 0.2) is 0 Å². The number of nitrogens with one attached hydrogen (secondary N) is 1. The molecule has 0 aromatic carbocycles. The Bertz CT molecular complexity index is 406. The number of ether oxygens (including phenoxy) is 1. The molecule has 2 aliphatic heterocycles. The zero-order chi connectivity index (χ0) is 14.4. The molecule has 0 bridgehead atoms. The second-order valence-corrected chi connectivity index (χ2v) is 5.87. The highest BCUT2D eigenvalue weighted by Gasteiger charge is 2.54. The molecule has 0 amide bonds. The Balaban J connectivity index is 2.18. The van der Waals surface area contributed by atoms with Gasteiger partial charge in [-0.25, -0.2) is 10.2 Å². The van der Waals surface area contributed by atoms with Crippen LogP contribution in [0.4, 0.5) is 0 Å². The maximum Gasteiger partial charge on any atom is 0.513 e. The minimum absolute atomic E-state index is 0.335. The van der Waals surface area contributed by atoms with Gasteiger partial charge in [0, 0.05) is 7.05 Å². The van der Waals surface area contributed by atoms with Crippen molar-refractivity contribution in [2.24, 2.45) is 0 Å². The van der Waals surface area contributed by atoms with Crippen molar-refractivity contribution in [2.75, 3.05) is 14.2 Å². The molecule has 0 saturated carbocycles. The molecular formula is C12H21BN2O4. The summed E-state index contributed by atoms with van der Waals surface area (Å²) in [4.78, 5) is 11.5. The SMILES string of the molecule is COC(=O)C1C=C(B2OC(C)(C)C(C)(C)O2)N(C)N1. The Kier molecular flexibility index (Phi) is 3.41. The quantitative estimate of drug-likeness (QED) is 0.581.